The molecule has 1 aliphatic heterocycles. The van der Waals surface area contributed by atoms with E-state index in [0.29, 0.717) is 48.6 Å². The van der Waals surface area contributed by atoms with Crippen molar-refractivity contribution in [2.45, 2.75) is 6.18 Å². The van der Waals surface area contributed by atoms with Crippen molar-refractivity contribution in [2.24, 2.45) is 0 Å². The van der Waals surface area contributed by atoms with Crippen LogP contribution in [0, 0.1) is 0 Å². The van der Waals surface area contributed by atoms with E-state index in [-0.39, 0.29) is 11.4 Å². The van der Waals surface area contributed by atoms with E-state index in [2.05, 4.69) is 9.88 Å². The van der Waals surface area contributed by atoms with Gasteiger partial charge in [0.2, 0.25) is 0 Å². The van der Waals surface area contributed by atoms with E-state index in [1.165, 1.54) is 26.5 Å². The predicted molar refractivity (Wildman–Crippen MR) is 114 cm³/mol. The third-order valence-electron chi connectivity index (χ3n) is 5.59. The zero-order valence-corrected chi connectivity index (χ0v) is 17.6. The first-order chi connectivity index (χ1) is 15.3. The number of alkyl halides is 3. The molecular formula is C23H22F3N3O3. The van der Waals surface area contributed by atoms with Gasteiger partial charge in [-0.05, 0) is 30.3 Å². The lowest BCUT2D eigenvalue weighted by molar-refractivity contribution is -0.137. The standard InChI is InChI=1S/C23H22F3N3O3/c1-31-20-5-3-4-17(21(20)32-2)22(30)29-12-10-28(11-13-29)19-8-9-27-18-14-15(23(24,25)26)6-7-16(18)19/h3-9,14H,10-13H2,1-2H3. The summed E-state index contributed by atoms with van der Waals surface area (Å²) in [7, 11) is 3.01. The van der Waals surface area contributed by atoms with Crippen LogP contribution in [0.15, 0.2) is 48.7 Å². The number of piperazine rings is 1. The topological polar surface area (TPSA) is 54.9 Å². The molecule has 6 nitrogen and oxygen atoms in total. The number of pyridine rings is 1. The summed E-state index contributed by atoms with van der Waals surface area (Å²) in [5, 5.41) is 0.648. The molecule has 1 aliphatic rings. The van der Waals surface area contributed by atoms with E-state index in [4.69, 9.17) is 9.47 Å². The van der Waals surface area contributed by atoms with Gasteiger partial charge in [0, 0.05) is 43.4 Å². The van der Waals surface area contributed by atoms with Gasteiger partial charge >= 0.3 is 6.18 Å². The lowest BCUT2D eigenvalue weighted by Gasteiger charge is -2.36. The Morgan fingerprint density at radius 2 is 1.75 bits per heavy atom. The van der Waals surface area contributed by atoms with Crippen molar-refractivity contribution >= 4 is 22.5 Å². The van der Waals surface area contributed by atoms with Gasteiger partial charge < -0.3 is 19.3 Å². The molecule has 0 bridgehead atoms. The van der Waals surface area contributed by atoms with Crippen LogP contribution in [0.4, 0.5) is 18.9 Å². The lowest BCUT2D eigenvalue weighted by Crippen LogP contribution is -2.49. The Hall–Kier alpha value is -3.49. The van der Waals surface area contributed by atoms with Crippen molar-refractivity contribution < 1.29 is 27.4 Å². The highest BCUT2D eigenvalue weighted by atomic mass is 19.4. The first kappa shape index (κ1) is 21.7. The van der Waals surface area contributed by atoms with Crippen molar-refractivity contribution in [1.29, 1.82) is 0 Å². The Morgan fingerprint density at radius 3 is 2.41 bits per heavy atom. The van der Waals surface area contributed by atoms with E-state index < -0.39 is 11.7 Å². The third kappa shape index (κ3) is 4.02. The van der Waals surface area contributed by atoms with Crippen LogP contribution in [0.5, 0.6) is 11.5 Å². The highest BCUT2D eigenvalue weighted by molar-refractivity contribution is 5.98. The summed E-state index contributed by atoms with van der Waals surface area (Å²) in [5.41, 5.74) is 0.790. The number of aromatic nitrogens is 1. The number of nitrogens with zero attached hydrogens (tertiary/aromatic N) is 3. The molecule has 0 radical (unpaired) electrons. The van der Waals surface area contributed by atoms with Crippen LogP contribution in [0.25, 0.3) is 10.9 Å². The molecule has 0 N–H and O–H groups in total. The summed E-state index contributed by atoms with van der Waals surface area (Å²) in [6, 6.07) is 10.5. The van der Waals surface area contributed by atoms with E-state index in [1.54, 1.807) is 29.2 Å². The number of anilines is 1. The third-order valence-corrected chi connectivity index (χ3v) is 5.59. The van der Waals surface area contributed by atoms with Crippen LogP contribution in [-0.4, -0.2) is 56.2 Å². The molecule has 1 fully saturated rings. The Labute approximate surface area is 183 Å². The van der Waals surface area contributed by atoms with Gasteiger partial charge in [-0.1, -0.05) is 12.1 Å². The van der Waals surface area contributed by atoms with Gasteiger partial charge in [-0.2, -0.15) is 13.2 Å². The van der Waals surface area contributed by atoms with Crippen LogP contribution in [0.3, 0.4) is 0 Å². The molecule has 2 heterocycles. The van der Waals surface area contributed by atoms with Gasteiger partial charge in [0.15, 0.2) is 11.5 Å². The molecule has 32 heavy (non-hydrogen) atoms. The number of para-hydroxylation sites is 1. The number of ether oxygens (including phenoxy) is 2. The molecule has 1 aromatic heterocycles. The van der Waals surface area contributed by atoms with Crippen LogP contribution in [0.1, 0.15) is 15.9 Å². The van der Waals surface area contributed by atoms with Crippen LogP contribution >= 0.6 is 0 Å². The Bertz CT molecular complexity index is 1140. The smallest absolute Gasteiger partial charge is 0.416 e. The first-order valence-electron chi connectivity index (χ1n) is 10.0. The zero-order chi connectivity index (χ0) is 22.9. The maximum atomic E-state index is 13.1. The molecule has 2 aromatic carbocycles. The van der Waals surface area contributed by atoms with Crippen LogP contribution in [0.2, 0.25) is 0 Å². The van der Waals surface area contributed by atoms with Gasteiger partial charge in [0.1, 0.15) is 0 Å². The number of fused-ring (bicyclic) bond motifs is 1. The maximum Gasteiger partial charge on any atom is 0.416 e. The second kappa shape index (κ2) is 8.57. The molecular weight excluding hydrogens is 423 g/mol. The number of rotatable bonds is 4. The van der Waals surface area contributed by atoms with Crippen molar-refractivity contribution in [3.63, 3.8) is 0 Å². The molecule has 0 saturated carbocycles. The number of halogens is 3. The Balaban J connectivity index is 1.53. The quantitative estimate of drug-likeness (QED) is 0.602. The molecule has 0 spiro atoms. The number of hydrogen-bond acceptors (Lipinski definition) is 5. The minimum Gasteiger partial charge on any atom is -0.493 e. The molecule has 168 valence electrons. The molecule has 1 amide bonds. The Morgan fingerprint density at radius 1 is 1.00 bits per heavy atom. The number of amides is 1. The van der Waals surface area contributed by atoms with E-state index in [1.807, 2.05) is 0 Å². The molecule has 0 atom stereocenters. The fourth-order valence-corrected chi connectivity index (χ4v) is 3.96. The molecule has 0 aliphatic carbocycles. The fourth-order valence-electron chi connectivity index (χ4n) is 3.96. The average molecular weight is 445 g/mol. The highest BCUT2D eigenvalue weighted by Gasteiger charge is 2.31. The number of methoxy groups -OCH3 is 2. The van der Waals surface area contributed by atoms with Gasteiger partial charge in [0.05, 0.1) is 30.9 Å². The Kier molecular flexibility index (Phi) is 5.82. The van der Waals surface area contributed by atoms with Crippen molar-refractivity contribution in [3.05, 3.63) is 59.8 Å². The first-order valence-corrected chi connectivity index (χ1v) is 10.0. The average Bonchev–Trinajstić information content (AvgIpc) is 2.81. The predicted octanol–water partition coefficient (Wildman–Crippen LogP) is 4.23. The molecule has 3 aromatic rings. The molecule has 9 heteroatoms. The molecule has 1 saturated heterocycles. The largest absolute Gasteiger partial charge is 0.493 e. The van der Waals surface area contributed by atoms with Gasteiger partial charge in [-0.15, -0.1) is 0 Å². The van der Waals surface area contributed by atoms with Gasteiger partial charge in [0.25, 0.3) is 5.91 Å². The number of carbonyl (C=O) groups is 1. The summed E-state index contributed by atoms with van der Waals surface area (Å²) in [4.78, 5) is 21.0. The van der Waals surface area contributed by atoms with Crippen LogP contribution in [-0.2, 0) is 6.18 Å². The second-order valence-electron chi connectivity index (χ2n) is 7.38. The number of carbonyl (C=O) groups excluding carboxylic acids is 1. The minimum absolute atomic E-state index is 0.158. The summed E-state index contributed by atoms with van der Waals surface area (Å²) < 4.78 is 49.8. The maximum absolute atomic E-state index is 13.1. The van der Waals surface area contributed by atoms with E-state index >= 15 is 0 Å². The van der Waals surface area contributed by atoms with E-state index in [9.17, 15) is 18.0 Å². The summed E-state index contributed by atoms with van der Waals surface area (Å²) in [6.45, 7) is 2.00. The zero-order valence-electron chi connectivity index (χ0n) is 17.6. The number of benzene rings is 2. The highest BCUT2D eigenvalue weighted by Crippen LogP contribution is 2.34. The fraction of sp³-hybridized carbons (Fsp3) is 0.304. The number of hydrogen-bond donors (Lipinski definition) is 0. The minimum atomic E-state index is -4.42. The summed E-state index contributed by atoms with van der Waals surface area (Å²) in [5.74, 6) is 0.719. The summed E-state index contributed by atoms with van der Waals surface area (Å²) in [6.07, 6.45) is -2.91. The van der Waals surface area contributed by atoms with Crippen molar-refractivity contribution in [1.82, 2.24) is 9.88 Å². The van der Waals surface area contributed by atoms with Crippen molar-refractivity contribution in [2.75, 3.05) is 45.3 Å². The second-order valence-corrected chi connectivity index (χ2v) is 7.38. The normalized spacial score (nSPS) is 14.5. The molecule has 0 unspecified atom stereocenters. The van der Waals surface area contributed by atoms with Gasteiger partial charge in [-0.3, -0.25) is 9.78 Å². The van der Waals surface area contributed by atoms with Gasteiger partial charge in [-0.25, -0.2) is 0 Å². The SMILES string of the molecule is COc1cccc(C(=O)N2CCN(c3ccnc4cc(C(F)(F)F)ccc34)CC2)c1OC. The molecule has 4 rings (SSSR count). The summed E-state index contributed by atoms with van der Waals surface area (Å²) >= 11 is 0. The van der Waals surface area contributed by atoms with Crippen molar-refractivity contribution in [3.8, 4) is 11.5 Å². The van der Waals surface area contributed by atoms with E-state index in [0.717, 1.165) is 17.8 Å². The lowest BCUT2D eigenvalue weighted by atomic mass is 10.1. The monoisotopic (exact) mass is 445 g/mol. The van der Waals surface area contributed by atoms with Crippen LogP contribution < -0.4 is 14.4 Å².